The predicted octanol–water partition coefficient (Wildman–Crippen LogP) is 5.09. The number of ether oxygens (including phenoxy) is 2. The molecule has 1 aliphatic heterocycles. The Morgan fingerprint density at radius 3 is 2.24 bits per heavy atom. The van der Waals surface area contributed by atoms with Gasteiger partial charge in [-0.3, -0.25) is 0 Å². The summed E-state index contributed by atoms with van der Waals surface area (Å²) in [4.78, 5) is 28.7. The van der Waals surface area contributed by atoms with Crippen molar-refractivity contribution in [1.29, 1.82) is 0 Å². The normalized spacial score (nSPS) is 14.0. The Morgan fingerprint density at radius 2 is 1.64 bits per heavy atom. The van der Waals surface area contributed by atoms with E-state index in [0.29, 0.717) is 36.8 Å². The average molecular weight is 455 g/mol. The first-order valence-corrected chi connectivity index (χ1v) is 11.3. The van der Waals surface area contributed by atoms with E-state index in [-0.39, 0.29) is 12.1 Å². The van der Waals surface area contributed by atoms with E-state index in [4.69, 9.17) is 9.47 Å². The summed E-state index contributed by atoms with van der Waals surface area (Å²) in [5.74, 6) is 0.638. The van der Waals surface area contributed by atoms with Gasteiger partial charge in [0.15, 0.2) is 0 Å². The van der Waals surface area contributed by atoms with E-state index in [0.717, 1.165) is 24.3 Å². The smallest absolute Gasteiger partial charge is 0.410 e. The zero-order valence-electron chi connectivity index (χ0n) is 20.1. The highest BCUT2D eigenvalue weighted by molar-refractivity contribution is 6.00. The monoisotopic (exact) mass is 454 g/mol. The van der Waals surface area contributed by atoms with E-state index in [1.807, 2.05) is 77.1 Å². The van der Waals surface area contributed by atoms with Crippen molar-refractivity contribution < 1.29 is 19.1 Å². The van der Waals surface area contributed by atoms with Gasteiger partial charge < -0.3 is 29.9 Å². The summed E-state index contributed by atoms with van der Waals surface area (Å²) >= 11 is 0. The van der Waals surface area contributed by atoms with Crippen LogP contribution in [0.15, 0.2) is 42.5 Å². The van der Waals surface area contributed by atoms with Gasteiger partial charge in [0.2, 0.25) is 0 Å². The van der Waals surface area contributed by atoms with Crippen molar-refractivity contribution in [2.45, 2.75) is 40.2 Å². The molecule has 2 aromatic carbocycles. The molecular formula is C25H34N4O4. The second kappa shape index (κ2) is 10.5. The summed E-state index contributed by atoms with van der Waals surface area (Å²) in [6, 6.07) is 13.0. The summed E-state index contributed by atoms with van der Waals surface area (Å²) in [6.07, 6.45) is -0.270. The number of nitrogens with one attached hydrogen (secondary N) is 2. The average Bonchev–Trinajstić information content (AvgIpc) is 2.75. The lowest BCUT2D eigenvalue weighted by Crippen LogP contribution is -2.50. The largest absolute Gasteiger partial charge is 0.492 e. The van der Waals surface area contributed by atoms with Crippen LogP contribution in [0.2, 0.25) is 0 Å². The van der Waals surface area contributed by atoms with Gasteiger partial charge in [0, 0.05) is 37.6 Å². The maximum Gasteiger partial charge on any atom is 0.410 e. The van der Waals surface area contributed by atoms with Gasteiger partial charge in [-0.05, 0) is 76.6 Å². The van der Waals surface area contributed by atoms with E-state index in [1.54, 1.807) is 4.90 Å². The third-order valence-electron chi connectivity index (χ3n) is 5.10. The second-order valence-electron chi connectivity index (χ2n) is 9.01. The zero-order valence-corrected chi connectivity index (χ0v) is 20.1. The summed E-state index contributed by atoms with van der Waals surface area (Å²) in [6.45, 7) is 12.7. The molecule has 3 rings (SSSR count). The Kier molecular flexibility index (Phi) is 7.68. The van der Waals surface area contributed by atoms with Crippen molar-refractivity contribution in [3.8, 4) is 5.75 Å². The van der Waals surface area contributed by atoms with Crippen molar-refractivity contribution in [1.82, 2.24) is 4.90 Å². The molecule has 0 aliphatic carbocycles. The fourth-order valence-corrected chi connectivity index (χ4v) is 3.54. The standard InChI is InChI=1S/C25H34N4O4/c1-6-32-22-12-7-18(2)17-21(22)27-23(30)26-19-8-10-20(11-9-19)28-13-15-29(16-14-28)24(31)33-25(3,4)5/h7-12,17H,6,13-16H2,1-5H3,(H2,26,27,30). The van der Waals surface area contributed by atoms with Gasteiger partial charge in [-0.15, -0.1) is 0 Å². The number of aryl methyl sites for hydroxylation is 1. The van der Waals surface area contributed by atoms with Crippen LogP contribution in [-0.4, -0.2) is 55.4 Å². The molecule has 0 saturated carbocycles. The van der Waals surface area contributed by atoms with Crippen molar-refractivity contribution in [3.63, 3.8) is 0 Å². The number of benzene rings is 2. The molecule has 0 spiro atoms. The lowest BCUT2D eigenvalue weighted by molar-refractivity contribution is 0.0240. The van der Waals surface area contributed by atoms with Crippen molar-refractivity contribution in [2.24, 2.45) is 0 Å². The molecule has 1 fully saturated rings. The van der Waals surface area contributed by atoms with Gasteiger partial charge in [0.25, 0.3) is 0 Å². The van der Waals surface area contributed by atoms with Crippen LogP contribution >= 0.6 is 0 Å². The first kappa shape index (κ1) is 24.2. The maximum absolute atomic E-state index is 12.5. The van der Waals surface area contributed by atoms with Gasteiger partial charge in [-0.25, -0.2) is 9.59 Å². The molecule has 0 radical (unpaired) electrons. The highest BCUT2D eigenvalue weighted by Crippen LogP contribution is 2.26. The van der Waals surface area contributed by atoms with E-state index in [2.05, 4.69) is 15.5 Å². The summed E-state index contributed by atoms with van der Waals surface area (Å²) in [7, 11) is 0. The van der Waals surface area contributed by atoms with Crippen LogP contribution in [0, 0.1) is 6.92 Å². The molecule has 178 valence electrons. The van der Waals surface area contributed by atoms with Gasteiger partial charge in [-0.2, -0.15) is 0 Å². The summed E-state index contributed by atoms with van der Waals surface area (Å²) in [5, 5.41) is 5.72. The third-order valence-corrected chi connectivity index (χ3v) is 5.10. The molecule has 1 aliphatic rings. The minimum Gasteiger partial charge on any atom is -0.492 e. The molecule has 8 heteroatoms. The molecule has 8 nitrogen and oxygen atoms in total. The number of hydrogen-bond acceptors (Lipinski definition) is 5. The highest BCUT2D eigenvalue weighted by Gasteiger charge is 2.26. The van der Waals surface area contributed by atoms with E-state index in [9.17, 15) is 9.59 Å². The highest BCUT2D eigenvalue weighted by atomic mass is 16.6. The number of hydrogen-bond donors (Lipinski definition) is 2. The molecule has 1 heterocycles. The van der Waals surface area contributed by atoms with Gasteiger partial charge >= 0.3 is 12.1 Å². The number of carbonyl (C=O) groups is 2. The number of nitrogens with zero attached hydrogens (tertiary/aromatic N) is 2. The predicted molar refractivity (Wildman–Crippen MR) is 131 cm³/mol. The Hall–Kier alpha value is -3.42. The quantitative estimate of drug-likeness (QED) is 0.657. The fourth-order valence-electron chi connectivity index (χ4n) is 3.54. The SMILES string of the molecule is CCOc1ccc(C)cc1NC(=O)Nc1ccc(N2CCN(C(=O)OC(C)(C)C)CC2)cc1. The van der Waals surface area contributed by atoms with E-state index >= 15 is 0 Å². The van der Waals surface area contributed by atoms with Gasteiger partial charge in [0.1, 0.15) is 11.4 Å². The van der Waals surface area contributed by atoms with Crippen molar-refractivity contribution in [2.75, 3.05) is 48.3 Å². The summed E-state index contributed by atoms with van der Waals surface area (Å²) in [5.41, 5.74) is 2.91. The number of rotatable bonds is 5. The van der Waals surface area contributed by atoms with Crippen LogP contribution in [0.3, 0.4) is 0 Å². The minimum atomic E-state index is -0.493. The number of amides is 3. The minimum absolute atomic E-state index is 0.270. The molecular weight excluding hydrogens is 420 g/mol. The first-order chi connectivity index (χ1) is 15.6. The lowest BCUT2D eigenvalue weighted by atomic mass is 10.2. The topological polar surface area (TPSA) is 83.1 Å². The van der Waals surface area contributed by atoms with E-state index < -0.39 is 5.60 Å². The fraction of sp³-hybridized carbons (Fsp3) is 0.440. The second-order valence-corrected chi connectivity index (χ2v) is 9.01. The molecule has 33 heavy (non-hydrogen) atoms. The van der Waals surface area contributed by atoms with Gasteiger partial charge in [-0.1, -0.05) is 6.07 Å². The molecule has 0 atom stereocenters. The van der Waals surface area contributed by atoms with Crippen molar-refractivity contribution in [3.05, 3.63) is 48.0 Å². The number of piperazine rings is 1. The first-order valence-electron chi connectivity index (χ1n) is 11.3. The molecule has 0 aromatic heterocycles. The third kappa shape index (κ3) is 7.03. The Labute approximate surface area is 195 Å². The molecule has 3 amide bonds. The van der Waals surface area contributed by atoms with Crippen LogP contribution in [0.25, 0.3) is 0 Å². The molecule has 2 aromatic rings. The number of anilines is 3. The Morgan fingerprint density at radius 1 is 0.970 bits per heavy atom. The van der Waals surface area contributed by atoms with Crippen LogP contribution in [0.5, 0.6) is 5.75 Å². The van der Waals surface area contributed by atoms with Gasteiger partial charge in [0.05, 0.1) is 12.3 Å². The zero-order chi connectivity index (χ0) is 24.0. The molecule has 0 bridgehead atoms. The number of urea groups is 1. The van der Waals surface area contributed by atoms with Crippen LogP contribution < -0.4 is 20.3 Å². The van der Waals surface area contributed by atoms with Crippen LogP contribution in [-0.2, 0) is 4.74 Å². The van der Waals surface area contributed by atoms with E-state index in [1.165, 1.54) is 0 Å². The summed E-state index contributed by atoms with van der Waals surface area (Å²) < 4.78 is 11.0. The number of carbonyl (C=O) groups excluding carboxylic acids is 2. The lowest BCUT2D eigenvalue weighted by Gasteiger charge is -2.36. The molecule has 1 saturated heterocycles. The van der Waals surface area contributed by atoms with Crippen molar-refractivity contribution >= 4 is 29.2 Å². The molecule has 2 N–H and O–H groups in total. The molecule has 0 unspecified atom stereocenters. The Balaban J connectivity index is 1.53. The van der Waals surface area contributed by atoms with Crippen LogP contribution in [0.1, 0.15) is 33.3 Å². The maximum atomic E-state index is 12.5. The Bertz CT molecular complexity index is 961. The van der Waals surface area contributed by atoms with Crippen LogP contribution in [0.4, 0.5) is 26.7 Å².